The highest BCUT2D eigenvalue weighted by Crippen LogP contribution is 2.31. The molecule has 0 unspecified atom stereocenters. The predicted octanol–water partition coefficient (Wildman–Crippen LogP) is 15.5. The Bertz CT molecular complexity index is 1490. The Morgan fingerprint density at radius 3 is 0.952 bits per heavy atom. The van der Waals surface area contributed by atoms with Gasteiger partial charge >= 0.3 is 0 Å². The van der Waals surface area contributed by atoms with Crippen molar-refractivity contribution in [3.8, 4) is 0 Å². The van der Waals surface area contributed by atoms with Crippen LogP contribution in [0.3, 0.4) is 0 Å². The third-order valence-corrected chi connectivity index (χ3v) is 11.2. The molecule has 0 aromatic heterocycles. The number of hydrogen-bond donors (Lipinski definition) is 1. The largest absolute Gasteiger partial charge is 0.342 e. The molecule has 4 aromatic rings. The highest BCUT2D eigenvalue weighted by molar-refractivity contribution is 9.08. The smallest absolute Gasteiger partial charge is 0.232 e. The number of alkyl halides is 1. The molecule has 0 bridgehead atoms. The monoisotopic (exact) mass is 961 g/mol. The van der Waals surface area contributed by atoms with Crippen LogP contribution in [0.4, 0.5) is 0 Å². The average Bonchev–Trinajstić information content (AvgIpc) is 4.10. The lowest BCUT2D eigenvalue weighted by molar-refractivity contribution is -0.137. The molecule has 2 saturated carbocycles. The minimum atomic E-state index is -0.432. The Morgan fingerprint density at radius 2 is 0.746 bits per heavy atom. The molecule has 0 N–H and O–H groups in total. The minimum absolute atomic E-state index is 0. The summed E-state index contributed by atoms with van der Waals surface area (Å²) < 4.78 is 0. The van der Waals surface area contributed by atoms with Crippen LogP contribution in [0, 0.1) is 0 Å². The number of hydrogen-bond acceptors (Lipinski definition) is 4. The number of amides is 2. The van der Waals surface area contributed by atoms with Crippen LogP contribution in [0.2, 0.25) is 0 Å². The lowest BCUT2D eigenvalue weighted by atomic mass is 9.83. The molecule has 9 heteroatoms. The Labute approximate surface area is 411 Å². The summed E-state index contributed by atoms with van der Waals surface area (Å²) in [5.74, 6) is 2.29. The van der Waals surface area contributed by atoms with Gasteiger partial charge in [0.1, 0.15) is 0 Å². The Balaban J connectivity index is -0.000000231. The number of likely N-dealkylation sites (N-methyl/N-ethyl adjacent to an activating group) is 2. The molecule has 2 amide bonds. The average molecular weight is 962 g/mol. The van der Waals surface area contributed by atoms with E-state index in [0.29, 0.717) is 12.1 Å². The van der Waals surface area contributed by atoms with Crippen molar-refractivity contribution in [2.24, 2.45) is 0 Å². The molecule has 0 aliphatic heterocycles. The number of carbonyl (C=O) groups is 2. The molecule has 0 spiro atoms. The van der Waals surface area contributed by atoms with E-state index in [1.807, 2.05) is 222 Å². The summed E-state index contributed by atoms with van der Waals surface area (Å²) in [7, 11) is 3.92. The maximum absolute atomic E-state index is 12.7. The number of nitrogens with zero attached hydrogens (tertiary/aromatic N) is 2. The first-order valence-corrected chi connectivity index (χ1v) is 26.0. The van der Waals surface area contributed by atoms with Gasteiger partial charge in [-0.3, -0.25) is 9.59 Å². The summed E-state index contributed by atoms with van der Waals surface area (Å²) in [4.78, 5) is 31.6. The highest BCUT2D eigenvalue weighted by Gasteiger charge is 2.36. The van der Waals surface area contributed by atoms with E-state index in [2.05, 4.69) is 46.9 Å². The van der Waals surface area contributed by atoms with Crippen LogP contribution in [0.5, 0.6) is 0 Å². The minimum Gasteiger partial charge on any atom is -0.342 e. The standard InChI is InChI=1S/2C16H23NO.C7H8S.C6H6S.4C2H6.CH3Br.2B/c2*1-16(2,13-9-5-4-6-10-13)15(18)17(3)14-11-7-8-12-14;1-8-7-5-3-2-4-6-7;7-6-4-2-1-3-5-6;5*1-2;;/h2*4-6,9-10,14H,7-8,11-12H2,1-3H3;2-6H,1H3;1-5,7H;4*1-2H3;1H3;;. The molecule has 63 heavy (non-hydrogen) atoms. The van der Waals surface area contributed by atoms with Crippen molar-refractivity contribution in [2.75, 3.05) is 26.2 Å². The lowest BCUT2D eigenvalue weighted by Gasteiger charge is -2.33. The van der Waals surface area contributed by atoms with Crippen molar-refractivity contribution < 1.29 is 9.59 Å². The van der Waals surface area contributed by atoms with Gasteiger partial charge in [0.25, 0.3) is 0 Å². The number of benzene rings is 4. The van der Waals surface area contributed by atoms with E-state index in [4.69, 9.17) is 0 Å². The van der Waals surface area contributed by atoms with Crippen LogP contribution in [-0.4, -0.2) is 76.7 Å². The molecule has 6 rings (SSSR count). The molecule has 2 aliphatic carbocycles. The predicted molar refractivity (Wildman–Crippen MR) is 293 cm³/mol. The van der Waals surface area contributed by atoms with Crippen molar-refractivity contribution in [1.29, 1.82) is 0 Å². The van der Waals surface area contributed by atoms with E-state index in [0.717, 1.165) is 41.7 Å². The summed E-state index contributed by atoms with van der Waals surface area (Å²) in [5.41, 5.74) is 1.33. The van der Waals surface area contributed by atoms with Gasteiger partial charge in [0.15, 0.2) is 0 Å². The summed E-state index contributed by atoms with van der Waals surface area (Å²) in [5, 5.41) is 0. The quantitative estimate of drug-likeness (QED) is 0.0868. The Hall–Kier alpha value is -2.87. The molecular formula is C54H87B2BrN2O2S2. The topological polar surface area (TPSA) is 40.6 Å². The zero-order valence-corrected chi connectivity index (χ0v) is 45.8. The van der Waals surface area contributed by atoms with Crippen LogP contribution in [0.15, 0.2) is 131 Å². The first-order chi connectivity index (χ1) is 29.4. The summed E-state index contributed by atoms with van der Waals surface area (Å²) >= 11 is 8.79. The molecule has 350 valence electrons. The van der Waals surface area contributed by atoms with Crippen LogP contribution in [-0.2, 0) is 20.4 Å². The summed E-state index contributed by atoms with van der Waals surface area (Å²) in [6.07, 6.45) is 11.7. The number of thiol groups is 1. The maximum atomic E-state index is 12.7. The van der Waals surface area contributed by atoms with Crippen molar-refractivity contribution >= 4 is 69.0 Å². The molecule has 0 saturated heterocycles. The van der Waals surface area contributed by atoms with E-state index in [9.17, 15) is 9.59 Å². The van der Waals surface area contributed by atoms with Gasteiger partial charge in [0, 0.05) is 52.8 Å². The second kappa shape index (κ2) is 43.0. The zero-order chi connectivity index (χ0) is 47.3. The first kappa shape index (κ1) is 69.2. The number of carbonyl (C=O) groups excluding carboxylic acids is 2. The normalized spacial score (nSPS) is 12.2. The van der Waals surface area contributed by atoms with Crippen LogP contribution < -0.4 is 0 Å². The molecule has 2 fully saturated rings. The van der Waals surface area contributed by atoms with Gasteiger partial charge in [-0.2, -0.15) is 0 Å². The Morgan fingerprint density at radius 1 is 0.508 bits per heavy atom. The number of thioether (sulfide) groups is 1. The fraction of sp³-hybridized carbons (Fsp3) is 0.519. The van der Waals surface area contributed by atoms with E-state index >= 15 is 0 Å². The first-order valence-electron chi connectivity index (χ1n) is 22.8. The van der Waals surface area contributed by atoms with E-state index in [1.165, 1.54) is 30.6 Å². The summed E-state index contributed by atoms with van der Waals surface area (Å²) in [6.45, 7) is 24.1. The second-order valence-corrected chi connectivity index (χ2v) is 15.9. The van der Waals surface area contributed by atoms with Gasteiger partial charge in [-0.25, -0.2) is 0 Å². The van der Waals surface area contributed by atoms with Crippen LogP contribution in [0.1, 0.15) is 146 Å². The van der Waals surface area contributed by atoms with Gasteiger partial charge in [-0.05, 0) is 101 Å². The van der Waals surface area contributed by atoms with Crippen molar-refractivity contribution in [1.82, 2.24) is 9.80 Å². The van der Waals surface area contributed by atoms with Gasteiger partial charge in [-0.1, -0.05) is 194 Å². The van der Waals surface area contributed by atoms with Gasteiger partial charge in [-0.15, -0.1) is 24.4 Å². The van der Waals surface area contributed by atoms with Crippen molar-refractivity contribution in [3.05, 3.63) is 132 Å². The fourth-order valence-corrected chi connectivity index (χ4v) is 7.34. The highest BCUT2D eigenvalue weighted by atomic mass is 79.9. The molecular weight excluding hydrogens is 874 g/mol. The van der Waals surface area contributed by atoms with E-state index < -0.39 is 10.8 Å². The molecule has 4 aromatic carbocycles. The molecule has 6 radical (unpaired) electrons. The molecule has 4 nitrogen and oxygen atoms in total. The molecule has 0 heterocycles. The second-order valence-electron chi connectivity index (χ2n) is 14.5. The van der Waals surface area contributed by atoms with Gasteiger partial charge < -0.3 is 9.80 Å². The van der Waals surface area contributed by atoms with E-state index in [1.54, 1.807) is 11.8 Å². The summed E-state index contributed by atoms with van der Waals surface area (Å²) in [6, 6.07) is 41.2. The van der Waals surface area contributed by atoms with E-state index in [-0.39, 0.29) is 28.6 Å². The van der Waals surface area contributed by atoms with Crippen molar-refractivity contribution in [2.45, 2.75) is 167 Å². The number of halogens is 1. The third-order valence-electron chi connectivity index (χ3n) is 10.2. The molecule has 2 aliphatic rings. The van der Waals surface area contributed by atoms with Crippen LogP contribution in [0.25, 0.3) is 0 Å². The van der Waals surface area contributed by atoms with Gasteiger partial charge in [0.05, 0.1) is 10.8 Å². The molecule has 0 atom stereocenters. The fourth-order valence-electron chi connectivity index (χ4n) is 6.74. The number of rotatable bonds is 7. The SMILES string of the molecule is CBr.CC.CC.CC.CC.CN(C(=O)C(C)(C)c1ccccc1)C1CCCC1.CN(C(=O)C(C)(C)c1ccccc1)C1CCCC1.CSc1ccccc1.Sc1ccccc1.[B].[B]. The third kappa shape index (κ3) is 26.6. The van der Waals surface area contributed by atoms with Crippen LogP contribution >= 0.6 is 40.3 Å². The van der Waals surface area contributed by atoms with Gasteiger partial charge in [0.2, 0.25) is 11.8 Å². The Kier molecular flexibility index (Phi) is 47.3. The zero-order valence-electron chi connectivity index (χ0n) is 42.5. The van der Waals surface area contributed by atoms with Crippen molar-refractivity contribution in [3.63, 3.8) is 0 Å². The lowest BCUT2D eigenvalue weighted by Crippen LogP contribution is -2.45. The maximum Gasteiger partial charge on any atom is 0.232 e.